The molecule has 0 aliphatic rings. The van der Waals surface area contributed by atoms with E-state index in [9.17, 15) is 43.2 Å². The monoisotopic (exact) mass is 831 g/mol. The van der Waals surface area contributed by atoms with Crippen LogP contribution in [0.1, 0.15) is 25.2 Å². The minimum absolute atomic E-state index is 0.0117. The van der Waals surface area contributed by atoms with Gasteiger partial charge >= 0.3 is 12.4 Å². The van der Waals surface area contributed by atoms with Crippen LogP contribution in [0.5, 0.6) is 0 Å². The lowest BCUT2D eigenvalue weighted by atomic mass is 10.2. The molecule has 6 aromatic rings. The molecule has 6 rings (SSSR count). The number of pyridine rings is 2. The van der Waals surface area contributed by atoms with E-state index in [2.05, 4.69) is 35.9 Å². The number of hydrogen-bond acceptors (Lipinski definition) is 9. The Hall–Kier alpha value is -4.56. The summed E-state index contributed by atoms with van der Waals surface area (Å²) in [5.74, 6) is 0.210. The van der Waals surface area contributed by atoms with Crippen molar-refractivity contribution in [3.63, 3.8) is 0 Å². The highest BCUT2D eigenvalue weighted by atomic mass is 79.9. The van der Waals surface area contributed by atoms with Crippen LogP contribution >= 0.6 is 15.9 Å². The highest BCUT2D eigenvalue weighted by Gasteiger charge is 2.34. The van der Waals surface area contributed by atoms with Crippen LogP contribution in [0, 0.1) is 0 Å². The normalized spacial score (nSPS) is 12.7. The Bertz CT molecular complexity index is 2390. The number of sulfone groups is 2. The molecule has 4 heterocycles. The maximum absolute atomic E-state index is 12.9. The summed E-state index contributed by atoms with van der Waals surface area (Å²) >= 11 is 3.25. The fourth-order valence-electron chi connectivity index (χ4n) is 5.20. The minimum atomic E-state index is -4.59. The molecule has 4 aromatic heterocycles. The molecule has 0 saturated heterocycles. The molecule has 2 aromatic carbocycles. The van der Waals surface area contributed by atoms with Crippen LogP contribution in [0.15, 0.2) is 75.2 Å². The molecule has 0 radical (unpaired) electrons. The maximum atomic E-state index is 12.9. The van der Waals surface area contributed by atoms with Crippen molar-refractivity contribution < 1.29 is 43.2 Å². The summed E-state index contributed by atoms with van der Waals surface area (Å²) in [5.41, 5.74) is 5.34. The molecule has 20 heteroatoms. The third-order valence-corrected chi connectivity index (χ3v) is 12.0. The Morgan fingerprint density at radius 1 is 0.673 bits per heavy atom. The Kier molecular flexibility index (Phi) is 10.2. The first-order chi connectivity index (χ1) is 24.1. The third-order valence-electron chi connectivity index (χ3n) is 7.98. The first-order valence-corrected chi connectivity index (χ1v) is 19.1. The van der Waals surface area contributed by atoms with Gasteiger partial charge in [0.2, 0.25) is 0 Å². The zero-order valence-corrected chi connectivity index (χ0v) is 30.8. The second-order valence-electron chi connectivity index (χ2n) is 11.3. The number of imidazole rings is 2. The largest absolute Gasteiger partial charge is 0.433 e. The zero-order chi connectivity index (χ0) is 38.6. The predicted molar refractivity (Wildman–Crippen MR) is 185 cm³/mol. The van der Waals surface area contributed by atoms with Gasteiger partial charge in [0.25, 0.3) is 0 Å². The molecule has 0 saturated carbocycles. The van der Waals surface area contributed by atoms with Crippen molar-refractivity contribution in [3.8, 4) is 22.8 Å². The number of nitrogens with two attached hydrogens (primary N) is 1. The van der Waals surface area contributed by atoms with Crippen molar-refractivity contribution >= 4 is 63.4 Å². The van der Waals surface area contributed by atoms with Crippen molar-refractivity contribution in [3.05, 3.63) is 76.8 Å². The molecule has 52 heavy (non-hydrogen) atoms. The summed E-state index contributed by atoms with van der Waals surface area (Å²) < 4.78 is 131. The molecule has 276 valence electrons. The molecule has 0 aliphatic carbocycles. The number of nitrogens with zero attached hydrogens (tertiary/aromatic N) is 6. The van der Waals surface area contributed by atoms with Gasteiger partial charge in [-0.15, -0.1) is 0 Å². The number of alkyl halides is 6. The first-order valence-electron chi connectivity index (χ1n) is 15.0. The van der Waals surface area contributed by atoms with Gasteiger partial charge in [0.05, 0.1) is 55.8 Å². The van der Waals surface area contributed by atoms with E-state index >= 15 is 0 Å². The Morgan fingerprint density at radius 3 is 1.48 bits per heavy atom. The lowest BCUT2D eigenvalue weighted by Crippen LogP contribution is -2.08. The van der Waals surface area contributed by atoms with E-state index in [0.29, 0.717) is 21.1 Å². The SMILES string of the molecule is CCS(=O)(=O)c1cc(Br)ccc1-c1nc2cc(C(F)(F)F)ncc2n1C.CCS(=O)(=O)c1cc(N)ccc1-c1nc2cc(C(F)(F)F)ncc2n1C. The Balaban J connectivity index is 0.000000201. The van der Waals surface area contributed by atoms with E-state index in [0.717, 1.165) is 24.5 Å². The van der Waals surface area contributed by atoms with Crippen LogP contribution in [0.3, 0.4) is 0 Å². The molecule has 11 nitrogen and oxygen atoms in total. The number of halogens is 7. The number of rotatable bonds is 6. The van der Waals surface area contributed by atoms with Crippen LogP contribution in [-0.2, 0) is 46.1 Å². The number of hydrogen-bond donors (Lipinski definition) is 1. The molecular formula is C32H28BrF6N7O4S2. The summed E-state index contributed by atoms with van der Waals surface area (Å²) in [7, 11) is -4.00. The maximum Gasteiger partial charge on any atom is 0.433 e. The molecule has 0 spiro atoms. The number of fused-ring (bicyclic) bond motifs is 2. The molecular weight excluding hydrogens is 804 g/mol. The van der Waals surface area contributed by atoms with Gasteiger partial charge in [-0.1, -0.05) is 29.8 Å². The zero-order valence-electron chi connectivity index (χ0n) is 27.5. The third kappa shape index (κ3) is 7.49. The Labute approximate surface area is 301 Å². The molecule has 2 N–H and O–H groups in total. The summed E-state index contributed by atoms with van der Waals surface area (Å²) in [6.45, 7) is 3.02. The van der Waals surface area contributed by atoms with Crippen LogP contribution in [0.25, 0.3) is 44.8 Å². The van der Waals surface area contributed by atoms with Crippen LogP contribution in [0.4, 0.5) is 32.0 Å². The van der Waals surface area contributed by atoms with Crippen LogP contribution in [0.2, 0.25) is 0 Å². The fourth-order valence-corrected chi connectivity index (χ4v) is 7.94. The van der Waals surface area contributed by atoms with E-state index in [1.807, 2.05) is 0 Å². The standard InChI is InChI=1S/C16H13BrF3N3O2S.C16H15F3N4O2S/c1-3-26(24,25)13-6-9(17)4-5-10(13)15-22-11-7-14(16(18,19)20)21-8-12(11)23(15)2;1-3-26(24,25)13-6-9(20)4-5-10(13)15-22-11-7-14(16(17,18)19)21-8-12(11)23(15)2/h4-8H,3H2,1-2H3;4-8H,3,20H2,1-2H3. The van der Waals surface area contributed by atoms with E-state index in [4.69, 9.17) is 5.73 Å². The van der Waals surface area contributed by atoms with E-state index in [-0.39, 0.29) is 55.2 Å². The van der Waals surface area contributed by atoms with Gasteiger partial charge in [-0.3, -0.25) is 0 Å². The van der Waals surface area contributed by atoms with Gasteiger partial charge in [0.15, 0.2) is 19.7 Å². The topological polar surface area (TPSA) is 156 Å². The van der Waals surface area contributed by atoms with E-state index in [1.165, 1.54) is 47.2 Å². The van der Waals surface area contributed by atoms with Crippen LogP contribution in [-0.4, -0.2) is 57.4 Å². The van der Waals surface area contributed by atoms with Gasteiger partial charge in [0, 0.05) is 35.4 Å². The molecule has 0 fully saturated rings. The number of aromatic nitrogens is 6. The van der Waals surface area contributed by atoms with E-state index in [1.54, 1.807) is 26.2 Å². The minimum Gasteiger partial charge on any atom is -0.399 e. The average Bonchev–Trinajstić information content (AvgIpc) is 3.59. The van der Waals surface area contributed by atoms with Crippen molar-refractivity contribution in [2.45, 2.75) is 36.0 Å². The van der Waals surface area contributed by atoms with Crippen molar-refractivity contribution in [1.29, 1.82) is 0 Å². The smallest absolute Gasteiger partial charge is 0.399 e. The first kappa shape index (κ1) is 38.7. The van der Waals surface area contributed by atoms with E-state index < -0.39 is 43.4 Å². The molecule has 0 bridgehead atoms. The van der Waals surface area contributed by atoms with Crippen molar-refractivity contribution in [2.75, 3.05) is 17.2 Å². The average molecular weight is 833 g/mol. The molecule has 0 aliphatic heterocycles. The highest BCUT2D eigenvalue weighted by molar-refractivity contribution is 9.10. The second kappa shape index (κ2) is 13.8. The summed E-state index contributed by atoms with van der Waals surface area (Å²) in [4.78, 5) is 15.4. The number of benzene rings is 2. The van der Waals surface area contributed by atoms with Gasteiger partial charge in [0.1, 0.15) is 23.0 Å². The highest BCUT2D eigenvalue weighted by Crippen LogP contribution is 2.36. The summed E-state index contributed by atoms with van der Waals surface area (Å²) in [6, 6.07) is 10.7. The van der Waals surface area contributed by atoms with Gasteiger partial charge in [-0.05, 0) is 48.5 Å². The van der Waals surface area contributed by atoms with Crippen molar-refractivity contribution in [2.24, 2.45) is 14.1 Å². The fraction of sp³-hybridized carbons (Fsp3) is 0.250. The number of anilines is 1. The summed E-state index contributed by atoms with van der Waals surface area (Å²) in [6.07, 6.45) is -7.02. The Morgan fingerprint density at radius 2 is 1.08 bits per heavy atom. The predicted octanol–water partition coefficient (Wildman–Crippen LogP) is 7.24. The quantitative estimate of drug-likeness (QED) is 0.135. The lowest BCUT2D eigenvalue weighted by Gasteiger charge is -2.10. The number of nitrogen functional groups attached to an aromatic ring is 1. The number of aryl methyl sites for hydroxylation is 2. The lowest BCUT2D eigenvalue weighted by molar-refractivity contribution is -0.141. The van der Waals surface area contributed by atoms with Gasteiger partial charge in [-0.2, -0.15) is 26.3 Å². The van der Waals surface area contributed by atoms with Crippen molar-refractivity contribution in [1.82, 2.24) is 29.1 Å². The summed E-state index contributed by atoms with van der Waals surface area (Å²) in [5, 5.41) is 0. The molecule has 0 atom stereocenters. The molecule has 0 amide bonds. The molecule has 0 unspecified atom stereocenters. The van der Waals surface area contributed by atoms with Gasteiger partial charge in [-0.25, -0.2) is 36.8 Å². The van der Waals surface area contributed by atoms with Crippen LogP contribution < -0.4 is 5.73 Å². The van der Waals surface area contributed by atoms with Gasteiger partial charge < -0.3 is 14.9 Å². The second-order valence-corrected chi connectivity index (χ2v) is 16.7.